The molecular formula is C53H38N2. The number of nitrogens with zero attached hydrogens (tertiary/aromatic N) is 2. The van der Waals surface area contributed by atoms with Crippen LogP contribution in [0.1, 0.15) is 18.1 Å². The maximum atomic E-state index is 4.54. The quantitative estimate of drug-likeness (QED) is 0.146. The first-order valence-corrected chi connectivity index (χ1v) is 18.9. The number of benzene rings is 8. The van der Waals surface area contributed by atoms with Crippen LogP contribution in [0.4, 0.5) is 0 Å². The van der Waals surface area contributed by atoms with Gasteiger partial charge in [-0.3, -0.25) is 0 Å². The fourth-order valence-electron chi connectivity index (χ4n) is 8.37. The molecule has 10 aromatic rings. The summed E-state index contributed by atoms with van der Waals surface area (Å²) in [6.07, 6.45) is 6.75. The molecule has 2 aromatic heterocycles. The van der Waals surface area contributed by atoms with Crippen LogP contribution in [-0.2, 0) is 0 Å². The maximum Gasteiger partial charge on any atom is 0.0607 e. The summed E-state index contributed by atoms with van der Waals surface area (Å²) in [5.41, 5.74) is 12.7. The number of aromatic nitrogens is 2. The van der Waals surface area contributed by atoms with Gasteiger partial charge in [0, 0.05) is 38.8 Å². The standard InChI is InChI=1S/C53H38N2/c1-36(38-16-5-3-6-17-38)32-43(33-37(2)39-18-7-4-8-19-39)55-51-26-14-13-24-46(51)49-34-41(28-29-52(49)55)48-35-42-30-31-54(53(42)47-25-12-11-23-45(47)48)50-27-15-21-40-20-9-10-22-44(40)50/h3-35H,1H2,2H3/b37-33+,43-32+. The fraction of sp³-hybridized carbons (Fsp3) is 0.0189. The lowest BCUT2D eigenvalue weighted by molar-refractivity contribution is 1.15. The Hall–Kier alpha value is -7.16. The first-order chi connectivity index (χ1) is 27.1. The SMILES string of the molecule is C=C(/C=C(\C=C(/C)c1ccccc1)n1c2ccccc2c2cc(-c3cc4ccn(-c5cccc6ccccc56)c4c4ccccc34)ccc21)c1ccccc1. The second kappa shape index (κ2) is 13.4. The molecule has 2 heteroatoms. The van der Waals surface area contributed by atoms with Crippen molar-refractivity contribution in [3.05, 3.63) is 218 Å². The molecule has 0 bridgehead atoms. The van der Waals surface area contributed by atoms with Gasteiger partial charge < -0.3 is 9.13 Å². The van der Waals surface area contributed by atoms with E-state index in [1.807, 2.05) is 6.07 Å². The molecule has 0 saturated carbocycles. The van der Waals surface area contributed by atoms with Crippen molar-refractivity contribution in [3.63, 3.8) is 0 Å². The van der Waals surface area contributed by atoms with Crippen LogP contribution in [0.3, 0.4) is 0 Å². The van der Waals surface area contributed by atoms with E-state index in [4.69, 9.17) is 0 Å². The molecule has 2 nitrogen and oxygen atoms in total. The third kappa shape index (κ3) is 5.59. The molecular weight excluding hydrogens is 665 g/mol. The number of hydrogen-bond donors (Lipinski definition) is 0. The second-order valence-electron chi connectivity index (χ2n) is 14.3. The van der Waals surface area contributed by atoms with Gasteiger partial charge in [-0.2, -0.15) is 0 Å². The zero-order valence-corrected chi connectivity index (χ0v) is 30.7. The minimum atomic E-state index is 0.963. The average Bonchev–Trinajstić information content (AvgIpc) is 3.83. The average molecular weight is 703 g/mol. The molecule has 0 saturated heterocycles. The third-order valence-electron chi connectivity index (χ3n) is 11.0. The zero-order valence-electron chi connectivity index (χ0n) is 30.7. The van der Waals surface area contributed by atoms with Crippen molar-refractivity contribution in [1.29, 1.82) is 0 Å². The van der Waals surface area contributed by atoms with Crippen LogP contribution in [-0.4, -0.2) is 9.13 Å². The predicted molar refractivity (Wildman–Crippen MR) is 237 cm³/mol. The zero-order chi connectivity index (χ0) is 36.9. The molecule has 8 aromatic carbocycles. The molecule has 0 unspecified atom stereocenters. The number of allylic oxidation sites excluding steroid dienone is 5. The summed E-state index contributed by atoms with van der Waals surface area (Å²) in [5.74, 6) is 0. The Bertz CT molecular complexity index is 3150. The van der Waals surface area contributed by atoms with Crippen molar-refractivity contribution < 1.29 is 0 Å². The number of para-hydroxylation sites is 1. The number of rotatable bonds is 7. The Morgan fingerprint density at radius 1 is 0.491 bits per heavy atom. The van der Waals surface area contributed by atoms with E-state index in [1.54, 1.807) is 0 Å². The molecule has 0 aliphatic carbocycles. The summed E-state index contributed by atoms with van der Waals surface area (Å²) in [7, 11) is 0. The van der Waals surface area contributed by atoms with E-state index in [0.29, 0.717) is 0 Å². The van der Waals surface area contributed by atoms with Crippen LogP contribution in [0.25, 0.3) is 87.9 Å². The Morgan fingerprint density at radius 2 is 1.13 bits per heavy atom. The van der Waals surface area contributed by atoms with Crippen molar-refractivity contribution in [3.8, 4) is 16.8 Å². The van der Waals surface area contributed by atoms with Crippen molar-refractivity contribution in [2.45, 2.75) is 6.92 Å². The van der Waals surface area contributed by atoms with Gasteiger partial charge in [-0.05, 0) is 99.6 Å². The highest BCUT2D eigenvalue weighted by atomic mass is 15.0. The number of fused-ring (bicyclic) bond motifs is 7. The summed E-state index contributed by atoms with van der Waals surface area (Å²) >= 11 is 0. The molecule has 0 radical (unpaired) electrons. The second-order valence-corrected chi connectivity index (χ2v) is 14.3. The van der Waals surface area contributed by atoms with Crippen LogP contribution >= 0.6 is 0 Å². The van der Waals surface area contributed by atoms with Gasteiger partial charge in [0.05, 0.1) is 22.2 Å². The lowest BCUT2D eigenvalue weighted by Crippen LogP contribution is -1.97. The Labute approximate surface area is 320 Å². The summed E-state index contributed by atoms with van der Waals surface area (Å²) in [5, 5.41) is 8.60. The van der Waals surface area contributed by atoms with Crippen LogP contribution < -0.4 is 0 Å². The van der Waals surface area contributed by atoms with E-state index in [1.165, 1.54) is 71.2 Å². The molecule has 0 spiro atoms. The third-order valence-corrected chi connectivity index (χ3v) is 11.0. The highest BCUT2D eigenvalue weighted by molar-refractivity contribution is 6.16. The Kier molecular flexibility index (Phi) is 7.89. The summed E-state index contributed by atoms with van der Waals surface area (Å²) in [6, 6.07) is 65.5. The number of hydrogen-bond acceptors (Lipinski definition) is 0. The maximum absolute atomic E-state index is 4.54. The first-order valence-electron chi connectivity index (χ1n) is 18.9. The molecule has 55 heavy (non-hydrogen) atoms. The fourth-order valence-corrected chi connectivity index (χ4v) is 8.37. The van der Waals surface area contributed by atoms with E-state index in [2.05, 4.69) is 217 Å². The molecule has 0 amide bonds. The van der Waals surface area contributed by atoms with E-state index < -0.39 is 0 Å². The lowest BCUT2D eigenvalue weighted by Gasteiger charge is -2.15. The van der Waals surface area contributed by atoms with Crippen molar-refractivity contribution in [1.82, 2.24) is 9.13 Å². The molecule has 0 aliphatic heterocycles. The van der Waals surface area contributed by atoms with Crippen molar-refractivity contribution in [2.24, 2.45) is 0 Å². The summed E-state index contributed by atoms with van der Waals surface area (Å²) in [4.78, 5) is 0. The molecule has 0 aliphatic rings. The molecule has 0 fully saturated rings. The van der Waals surface area contributed by atoms with E-state index >= 15 is 0 Å². The molecule has 260 valence electrons. The topological polar surface area (TPSA) is 9.86 Å². The highest BCUT2D eigenvalue weighted by Crippen LogP contribution is 2.41. The van der Waals surface area contributed by atoms with Gasteiger partial charge in [0.1, 0.15) is 0 Å². The smallest absolute Gasteiger partial charge is 0.0607 e. The van der Waals surface area contributed by atoms with Crippen molar-refractivity contribution in [2.75, 3.05) is 0 Å². The van der Waals surface area contributed by atoms with Gasteiger partial charge >= 0.3 is 0 Å². The van der Waals surface area contributed by atoms with Crippen LogP contribution in [0.15, 0.2) is 207 Å². The van der Waals surface area contributed by atoms with Crippen LogP contribution in [0, 0.1) is 0 Å². The van der Waals surface area contributed by atoms with Gasteiger partial charge in [0.15, 0.2) is 0 Å². The van der Waals surface area contributed by atoms with Crippen molar-refractivity contribution >= 4 is 71.1 Å². The van der Waals surface area contributed by atoms with Gasteiger partial charge in [-0.15, -0.1) is 0 Å². The Balaban J connectivity index is 1.18. The monoisotopic (exact) mass is 702 g/mol. The predicted octanol–water partition coefficient (Wildman–Crippen LogP) is 14.4. The first kappa shape index (κ1) is 32.5. The molecule has 0 atom stereocenters. The lowest BCUT2D eigenvalue weighted by atomic mass is 9.95. The van der Waals surface area contributed by atoms with E-state index in [9.17, 15) is 0 Å². The molecule has 10 rings (SSSR count). The molecule has 2 heterocycles. The van der Waals surface area contributed by atoms with E-state index in [-0.39, 0.29) is 0 Å². The highest BCUT2D eigenvalue weighted by Gasteiger charge is 2.18. The van der Waals surface area contributed by atoms with Gasteiger partial charge in [0.25, 0.3) is 0 Å². The molecule has 0 N–H and O–H groups in total. The van der Waals surface area contributed by atoms with E-state index in [0.717, 1.165) is 27.9 Å². The largest absolute Gasteiger partial charge is 0.315 e. The van der Waals surface area contributed by atoms with Crippen LogP contribution in [0.5, 0.6) is 0 Å². The van der Waals surface area contributed by atoms with Gasteiger partial charge in [0.2, 0.25) is 0 Å². The summed E-state index contributed by atoms with van der Waals surface area (Å²) < 4.78 is 4.77. The Morgan fingerprint density at radius 3 is 1.93 bits per heavy atom. The van der Waals surface area contributed by atoms with Crippen LogP contribution in [0.2, 0.25) is 0 Å². The minimum Gasteiger partial charge on any atom is -0.315 e. The normalized spacial score (nSPS) is 12.4. The summed E-state index contributed by atoms with van der Waals surface area (Å²) in [6.45, 7) is 6.73. The van der Waals surface area contributed by atoms with Gasteiger partial charge in [-0.25, -0.2) is 0 Å². The van der Waals surface area contributed by atoms with Gasteiger partial charge in [-0.1, -0.05) is 152 Å². The minimum absolute atomic E-state index is 0.963.